The lowest BCUT2D eigenvalue weighted by Gasteiger charge is -2.28. The molecule has 0 bridgehead atoms. The highest BCUT2D eigenvalue weighted by Gasteiger charge is 2.27. The molecule has 1 saturated carbocycles. The third kappa shape index (κ3) is 5.02. The summed E-state index contributed by atoms with van der Waals surface area (Å²) in [7, 11) is 0. The van der Waals surface area contributed by atoms with Crippen molar-refractivity contribution in [3.8, 4) is 0 Å². The Kier molecular flexibility index (Phi) is 7.12. The number of halogens is 3. The first kappa shape index (κ1) is 20.3. The molecule has 1 fully saturated rings. The number of carbonyl (C=O) groups is 1. The molecule has 3 N–H and O–H groups in total. The fourth-order valence-electron chi connectivity index (χ4n) is 3.40. The summed E-state index contributed by atoms with van der Waals surface area (Å²) >= 11 is 0. The Bertz CT molecular complexity index is 676. The average molecular weight is 381 g/mol. The minimum absolute atomic E-state index is 0. The van der Waals surface area contributed by atoms with Gasteiger partial charge in [0.05, 0.1) is 6.04 Å². The number of nitrogens with one attached hydrogen (secondary N) is 1. The molecule has 3 nitrogen and oxygen atoms in total. The second-order valence-electron chi connectivity index (χ2n) is 6.67. The molecule has 0 radical (unpaired) electrons. The molecule has 2 aromatic carbocycles. The van der Waals surface area contributed by atoms with E-state index in [1.54, 1.807) is 24.3 Å². The summed E-state index contributed by atoms with van der Waals surface area (Å²) in [6.07, 6.45) is 3.38. The lowest BCUT2D eigenvalue weighted by atomic mass is 9.85. The number of hydrogen-bond donors (Lipinski definition) is 2. The Morgan fingerprint density at radius 3 is 1.92 bits per heavy atom. The second kappa shape index (κ2) is 9.10. The maximum atomic E-state index is 13.3. The van der Waals surface area contributed by atoms with Crippen LogP contribution in [0.15, 0.2) is 48.5 Å². The summed E-state index contributed by atoms with van der Waals surface area (Å²) in [5.41, 5.74) is 7.49. The third-order valence-corrected chi connectivity index (χ3v) is 4.78. The van der Waals surface area contributed by atoms with Crippen LogP contribution < -0.4 is 11.1 Å². The van der Waals surface area contributed by atoms with Gasteiger partial charge in [-0.15, -0.1) is 12.4 Å². The van der Waals surface area contributed by atoms with Gasteiger partial charge in [-0.3, -0.25) is 4.79 Å². The molecule has 0 spiro atoms. The van der Waals surface area contributed by atoms with Crippen LogP contribution in [0.1, 0.15) is 42.9 Å². The molecule has 0 aliphatic heterocycles. The molecule has 1 aliphatic rings. The first-order valence-corrected chi connectivity index (χ1v) is 8.60. The van der Waals surface area contributed by atoms with Gasteiger partial charge in [0, 0.05) is 12.0 Å². The standard InChI is InChI=1S/C20H22F2N2O.ClH/c21-16-8-4-13(5-9-16)19(14-6-10-17(22)11-7-14)24-20(25)15-2-1-3-18(23)12-15;/h4-11,15,18-19H,1-3,12,23H2,(H,24,25);1H. The topological polar surface area (TPSA) is 55.1 Å². The van der Waals surface area contributed by atoms with E-state index in [9.17, 15) is 13.6 Å². The molecule has 26 heavy (non-hydrogen) atoms. The van der Waals surface area contributed by atoms with Crippen LogP contribution in [0.4, 0.5) is 8.78 Å². The summed E-state index contributed by atoms with van der Waals surface area (Å²) < 4.78 is 26.5. The average Bonchev–Trinajstić information content (AvgIpc) is 2.61. The number of carbonyl (C=O) groups excluding carboxylic acids is 1. The Hall–Kier alpha value is -1.98. The fourth-order valence-corrected chi connectivity index (χ4v) is 3.40. The van der Waals surface area contributed by atoms with E-state index in [-0.39, 0.29) is 41.9 Å². The van der Waals surface area contributed by atoms with Crippen molar-refractivity contribution in [2.45, 2.75) is 37.8 Å². The van der Waals surface area contributed by atoms with E-state index in [1.165, 1.54) is 24.3 Å². The number of rotatable bonds is 4. The molecule has 1 amide bonds. The Labute approximate surface area is 158 Å². The molecule has 3 rings (SSSR count). The van der Waals surface area contributed by atoms with Gasteiger partial charge in [0.15, 0.2) is 0 Å². The monoisotopic (exact) mass is 380 g/mol. The van der Waals surface area contributed by atoms with E-state index >= 15 is 0 Å². The van der Waals surface area contributed by atoms with E-state index in [0.717, 1.165) is 30.4 Å². The second-order valence-corrected chi connectivity index (χ2v) is 6.67. The molecular weight excluding hydrogens is 358 g/mol. The van der Waals surface area contributed by atoms with Crippen molar-refractivity contribution >= 4 is 18.3 Å². The van der Waals surface area contributed by atoms with Crippen molar-refractivity contribution in [1.82, 2.24) is 5.32 Å². The van der Waals surface area contributed by atoms with Gasteiger partial charge in [-0.2, -0.15) is 0 Å². The van der Waals surface area contributed by atoms with Crippen molar-refractivity contribution in [2.24, 2.45) is 11.7 Å². The number of nitrogens with two attached hydrogens (primary N) is 1. The van der Waals surface area contributed by atoms with Crippen LogP contribution in [0.2, 0.25) is 0 Å². The van der Waals surface area contributed by atoms with Crippen LogP contribution in [0.5, 0.6) is 0 Å². The molecule has 2 unspecified atom stereocenters. The van der Waals surface area contributed by atoms with E-state index in [1.807, 2.05) is 0 Å². The highest BCUT2D eigenvalue weighted by atomic mass is 35.5. The van der Waals surface area contributed by atoms with E-state index in [0.29, 0.717) is 6.42 Å². The lowest BCUT2D eigenvalue weighted by Crippen LogP contribution is -2.39. The van der Waals surface area contributed by atoms with E-state index in [4.69, 9.17) is 5.73 Å². The van der Waals surface area contributed by atoms with Crippen molar-refractivity contribution < 1.29 is 13.6 Å². The zero-order chi connectivity index (χ0) is 17.8. The van der Waals surface area contributed by atoms with Gasteiger partial charge in [-0.1, -0.05) is 30.7 Å². The molecule has 6 heteroatoms. The normalized spacial score (nSPS) is 19.7. The molecule has 0 aromatic heterocycles. The smallest absolute Gasteiger partial charge is 0.223 e. The van der Waals surface area contributed by atoms with Crippen LogP contribution in [0.25, 0.3) is 0 Å². The minimum atomic E-state index is -0.452. The summed E-state index contributed by atoms with van der Waals surface area (Å²) in [6, 6.07) is 11.6. The van der Waals surface area contributed by atoms with Gasteiger partial charge >= 0.3 is 0 Å². The number of hydrogen-bond acceptors (Lipinski definition) is 2. The maximum Gasteiger partial charge on any atom is 0.223 e. The van der Waals surface area contributed by atoms with Crippen LogP contribution in [0, 0.1) is 17.6 Å². The van der Waals surface area contributed by atoms with Gasteiger partial charge in [-0.05, 0) is 54.7 Å². The predicted octanol–water partition coefficient (Wildman–Crippen LogP) is 4.11. The summed E-state index contributed by atoms with van der Waals surface area (Å²) in [4.78, 5) is 12.7. The fraction of sp³-hybridized carbons (Fsp3) is 0.350. The van der Waals surface area contributed by atoms with Gasteiger partial charge in [0.25, 0.3) is 0 Å². The predicted molar refractivity (Wildman–Crippen MR) is 100.0 cm³/mol. The lowest BCUT2D eigenvalue weighted by molar-refractivity contribution is -0.126. The van der Waals surface area contributed by atoms with Crippen LogP contribution in [-0.2, 0) is 4.79 Å². The van der Waals surface area contributed by atoms with Gasteiger partial charge in [0.2, 0.25) is 5.91 Å². The van der Waals surface area contributed by atoms with Crippen molar-refractivity contribution in [3.05, 3.63) is 71.3 Å². The SMILES string of the molecule is Cl.NC1CCCC(C(=O)NC(c2ccc(F)cc2)c2ccc(F)cc2)C1. The Morgan fingerprint density at radius 1 is 0.962 bits per heavy atom. The molecule has 140 valence electrons. The third-order valence-electron chi connectivity index (χ3n) is 4.78. The highest BCUT2D eigenvalue weighted by Crippen LogP contribution is 2.27. The summed E-state index contributed by atoms with van der Waals surface area (Å²) in [5, 5.41) is 3.04. The summed E-state index contributed by atoms with van der Waals surface area (Å²) in [5.74, 6) is -0.863. The molecule has 2 aromatic rings. The van der Waals surface area contributed by atoms with E-state index < -0.39 is 6.04 Å². The first-order chi connectivity index (χ1) is 12.0. The quantitative estimate of drug-likeness (QED) is 0.838. The molecule has 2 atom stereocenters. The Balaban J connectivity index is 0.00000243. The number of amides is 1. The van der Waals surface area contributed by atoms with Crippen molar-refractivity contribution in [3.63, 3.8) is 0 Å². The molecule has 1 aliphatic carbocycles. The zero-order valence-corrected chi connectivity index (χ0v) is 15.1. The van der Waals surface area contributed by atoms with Crippen LogP contribution in [0.3, 0.4) is 0 Å². The highest BCUT2D eigenvalue weighted by molar-refractivity contribution is 5.85. The molecule has 0 heterocycles. The first-order valence-electron chi connectivity index (χ1n) is 8.60. The molecule has 0 saturated heterocycles. The zero-order valence-electron chi connectivity index (χ0n) is 14.3. The van der Waals surface area contributed by atoms with Gasteiger partial charge in [0.1, 0.15) is 11.6 Å². The Morgan fingerprint density at radius 2 is 1.46 bits per heavy atom. The van der Waals surface area contributed by atoms with E-state index in [2.05, 4.69) is 5.32 Å². The van der Waals surface area contributed by atoms with Gasteiger partial charge in [-0.25, -0.2) is 8.78 Å². The van der Waals surface area contributed by atoms with Crippen LogP contribution in [-0.4, -0.2) is 11.9 Å². The molecular formula is C20H23ClF2N2O. The van der Waals surface area contributed by atoms with Crippen LogP contribution >= 0.6 is 12.4 Å². The van der Waals surface area contributed by atoms with Crippen molar-refractivity contribution in [1.29, 1.82) is 0 Å². The van der Waals surface area contributed by atoms with Gasteiger partial charge < -0.3 is 11.1 Å². The van der Waals surface area contributed by atoms with Crippen molar-refractivity contribution in [2.75, 3.05) is 0 Å². The number of benzene rings is 2. The minimum Gasteiger partial charge on any atom is -0.345 e. The maximum absolute atomic E-state index is 13.3. The largest absolute Gasteiger partial charge is 0.345 e. The summed E-state index contributed by atoms with van der Waals surface area (Å²) in [6.45, 7) is 0.